The minimum absolute atomic E-state index is 0.0531. The second-order valence-electron chi connectivity index (χ2n) is 5.77. The maximum absolute atomic E-state index is 12.7. The van der Waals surface area contributed by atoms with E-state index in [1.807, 2.05) is 60.9 Å². The van der Waals surface area contributed by atoms with Gasteiger partial charge in [-0.15, -0.1) is 0 Å². The molecule has 2 aromatic rings. The van der Waals surface area contributed by atoms with Crippen molar-refractivity contribution in [1.82, 2.24) is 9.78 Å². The van der Waals surface area contributed by atoms with Crippen LogP contribution in [0, 0.1) is 6.92 Å². The third-order valence-electron chi connectivity index (χ3n) is 4.26. The second kappa shape index (κ2) is 5.83. The van der Waals surface area contributed by atoms with Gasteiger partial charge in [0.1, 0.15) is 12.4 Å². The lowest BCUT2D eigenvalue weighted by Gasteiger charge is -2.35. The monoisotopic (exact) mass is 299 g/mol. The summed E-state index contributed by atoms with van der Waals surface area (Å²) in [5.74, 6) is 0.915. The Kier molecular flexibility index (Phi) is 3.88. The molecular formula is C17H21N3O2. The highest BCUT2D eigenvalue weighted by atomic mass is 16.5. The zero-order chi connectivity index (χ0) is 15.7. The van der Waals surface area contributed by atoms with Gasteiger partial charge in [0, 0.05) is 19.2 Å². The Labute approximate surface area is 130 Å². The van der Waals surface area contributed by atoms with Gasteiger partial charge in [-0.2, -0.15) is 5.10 Å². The van der Waals surface area contributed by atoms with Crippen LogP contribution in [0.2, 0.25) is 0 Å². The van der Waals surface area contributed by atoms with E-state index in [4.69, 9.17) is 4.74 Å². The molecule has 0 radical (unpaired) electrons. The zero-order valence-corrected chi connectivity index (χ0v) is 13.2. The molecular weight excluding hydrogens is 278 g/mol. The summed E-state index contributed by atoms with van der Waals surface area (Å²) < 4.78 is 7.53. The van der Waals surface area contributed by atoms with Gasteiger partial charge in [0.2, 0.25) is 5.91 Å². The van der Waals surface area contributed by atoms with Crippen molar-refractivity contribution in [2.45, 2.75) is 32.7 Å². The quantitative estimate of drug-likeness (QED) is 0.875. The SMILES string of the molecule is Cc1c(CCC(=O)N2c3ccccc3OCC2C)cnn1C. The number of hydrogen-bond donors (Lipinski definition) is 0. The molecule has 2 heterocycles. The van der Waals surface area contributed by atoms with Crippen molar-refractivity contribution in [3.8, 4) is 5.75 Å². The Balaban J connectivity index is 1.76. The average molecular weight is 299 g/mol. The molecule has 1 aromatic heterocycles. The van der Waals surface area contributed by atoms with Crippen LogP contribution in [0.3, 0.4) is 0 Å². The minimum Gasteiger partial charge on any atom is -0.489 e. The Morgan fingerprint density at radius 3 is 2.91 bits per heavy atom. The molecule has 22 heavy (non-hydrogen) atoms. The van der Waals surface area contributed by atoms with Crippen molar-refractivity contribution in [1.29, 1.82) is 0 Å². The molecule has 1 aliphatic rings. The molecule has 1 unspecified atom stereocenters. The van der Waals surface area contributed by atoms with Crippen LogP contribution < -0.4 is 9.64 Å². The topological polar surface area (TPSA) is 47.4 Å². The van der Waals surface area contributed by atoms with Gasteiger partial charge < -0.3 is 9.64 Å². The van der Waals surface area contributed by atoms with Gasteiger partial charge in [-0.1, -0.05) is 12.1 Å². The Morgan fingerprint density at radius 2 is 2.18 bits per heavy atom. The normalized spacial score (nSPS) is 17.0. The van der Waals surface area contributed by atoms with Crippen LogP contribution in [0.4, 0.5) is 5.69 Å². The summed E-state index contributed by atoms with van der Waals surface area (Å²) in [7, 11) is 1.92. The fourth-order valence-electron chi connectivity index (χ4n) is 2.83. The summed E-state index contributed by atoms with van der Waals surface area (Å²) in [6.45, 7) is 4.58. The highest BCUT2D eigenvalue weighted by Gasteiger charge is 2.28. The number of benzene rings is 1. The maximum Gasteiger partial charge on any atom is 0.227 e. The van der Waals surface area contributed by atoms with Crippen molar-refractivity contribution in [2.75, 3.05) is 11.5 Å². The largest absolute Gasteiger partial charge is 0.489 e. The number of fused-ring (bicyclic) bond motifs is 1. The first-order chi connectivity index (χ1) is 10.6. The zero-order valence-electron chi connectivity index (χ0n) is 13.2. The van der Waals surface area contributed by atoms with Crippen LogP contribution >= 0.6 is 0 Å². The highest BCUT2D eigenvalue weighted by molar-refractivity contribution is 5.96. The molecule has 1 aliphatic heterocycles. The molecule has 1 amide bonds. The number of nitrogens with zero attached hydrogens (tertiary/aromatic N) is 3. The molecule has 0 fully saturated rings. The lowest BCUT2D eigenvalue weighted by molar-refractivity contribution is -0.119. The predicted molar refractivity (Wildman–Crippen MR) is 85.2 cm³/mol. The van der Waals surface area contributed by atoms with E-state index in [0.717, 1.165) is 22.7 Å². The lowest BCUT2D eigenvalue weighted by Crippen LogP contribution is -2.45. The molecule has 0 saturated carbocycles. The number of hydrogen-bond acceptors (Lipinski definition) is 3. The van der Waals surface area contributed by atoms with Crippen molar-refractivity contribution in [3.63, 3.8) is 0 Å². The lowest BCUT2D eigenvalue weighted by atomic mass is 10.1. The highest BCUT2D eigenvalue weighted by Crippen LogP contribution is 2.34. The number of amides is 1. The van der Waals surface area contributed by atoms with E-state index in [2.05, 4.69) is 5.10 Å². The van der Waals surface area contributed by atoms with Gasteiger partial charge in [0.05, 0.1) is 17.9 Å². The van der Waals surface area contributed by atoms with Crippen LogP contribution in [0.5, 0.6) is 5.75 Å². The van der Waals surface area contributed by atoms with Crippen LogP contribution in [-0.2, 0) is 18.3 Å². The van der Waals surface area contributed by atoms with Crippen molar-refractivity contribution >= 4 is 11.6 Å². The van der Waals surface area contributed by atoms with Crippen LogP contribution in [0.25, 0.3) is 0 Å². The van der Waals surface area contributed by atoms with Crippen molar-refractivity contribution < 1.29 is 9.53 Å². The Bertz CT molecular complexity index is 693. The smallest absolute Gasteiger partial charge is 0.227 e. The molecule has 0 N–H and O–H groups in total. The van der Waals surface area contributed by atoms with Gasteiger partial charge >= 0.3 is 0 Å². The van der Waals surface area contributed by atoms with Gasteiger partial charge in [-0.3, -0.25) is 9.48 Å². The third-order valence-corrected chi connectivity index (χ3v) is 4.26. The van der Waals surface area contributed by atoms with E-state index in [9.17, 15) is 4.79 Å². The van der Waals surface area contributed by atoms with E-state index in [1.54, 1.807) is 0 Å². The van der Waals surface area contributed by atoms with Gasteiger partial charge in [0.25, 0.3) is 0 Å². The van der Waals surface area contributed by atoms with Crippen molar-refractivity contribution in [2.24, 2.45) is 7.05 Å². The maximum atomic E-state index is 12.7. The number of rotatable bonds is 3. The van der Waals surface area contributed by atoms with Crippen LogP contribution in [0.1, 0.15) is 24.6 Å². The Morgan fingerprint density at radius 1 is 1.41 bits per heavy atom. The molecule has 5 heteroatoms. The third kappa shape index (κ3) is 2.58. The van der Waals surface area contributed by atoms with E-state index in [-0.39, 0.29) is 11.9 Å². The number of ether oxygens (including phenoxy) is 1. The fraction of sp³-hybridized carbons (Fsp3) is 0.412. The van der Waals surface area contributed by atoms with Gasteiger partial charge in [-0.05, 0) is 38.0 Å². The Hall–Kier alpha value is -2.30. The number of aryl methyl sites for hydroxylation is 2. The number of anilines is 1. The average Bonchev–Trinajstić information content (AvgIpc) is 2.84. The molecule has 0 spiro atoms. The molecule has 1 aromatic carbocycles. The summed E-state index contributed by atoms with van der Waals surface area (Å²) in [4.78, 5) is 14.6. The molecule has 0 bridgehead atoms. The number of aromatic nitrogens is 2. The molecule has 1 atom stereocenters. The number of para-hydroxylation sites is 2. The van der Waals surface area contributed by atoms with Gasteiger partial charge in [-0.25, -0.2) is 0 Å². The molecule has 0 saturated heterocycles. The summed E-state index contributed by atoms with van der Waals surface area (Å²) >= 11 is 0. The molecule has 3 rings (SSSR count). The predicted octanol–water partition coefficient (Wildman–Crippen LogP) is 2.48. The minimum atomic E-state index is 0.0531. The number of carbonyl (C=O) groups is 1. The summed E-state index contributed by atoms with van der Waals surface area (Å²) in [6.07, 6.45) is 3.04. The van der Waals surface area contributed by atoms with E-state index in [0.29, 0.717) is 19.4 Å². The fourth-order valence-corrected chi connectivity index (χ4v) is 2.83. The molecule has 0 aliphatic carbocycles. The van der Waals surface area contributed by atoms with Crippen LogP contribution in [0.15, 0.2) is 30.5 Å². The van der Waals surface area contributed by atoms with E-state index >= 15 is 0 Å². The summed E-state index contributed by atoms with van der Waals surface area (Å²) in [6, 6.07) is 7.77. The van der Waals surface area contributed by atoms with Crippen molar-refractivity contribution in [3.05, 3.63) is 41.7 Å². The summed E-state index contributed by atoms with van der Waals surface area (Å²) in [5, 5.41) is 4.23. The summed E-state index contributed by atoms with van der Waals surface area (Å²) in [5.41, 5.74) is 3.11. The van der Waals surface area contributed by atoms with E-state index in [1.165, 1.54) is 0 Å². The first-order valence-corrected chi connectivity index (χ1v) is 7.59. The molecule has 116 valence electrons. The molecule has 5 nitrogen and oxygen atoms in total. The first kappa shape index (κ1) is 14.6. The second-order valence-corrected chi connectivity index (χ2v) is 5.77. The van der Waals surface area contributed by atoms with Gasteiger partial charge in [0.15, 0.2) is 0 Å². The van der Waals surface area contributed by atoms with Crippen LogP contribution in [-0.4, -0.2) is 28.3 Å². The first-order valence-electron chi connectivity index (χ1n) is 7.59. The van der Waals surface area contributed by atoms with E-state index < -0.39 is 0 Å². The number of carbonyl (C=O) groups excluding carboxylic acids is 1. The standard InChI is InChI=1S/C17H21N3O2/c1-12-11-22-16-7-5-4-6-15(16)20(12)17(21)9-8-14-10-18-19(3)13(14)2/h4-7,10,12H,8-9,11H2,1-3H3.